The van der Waals surface area contributed by atoms with Crippen LogP contribution in [0, 0.1) is 11.3 Å². The normalized spacial score (nSPS) is 42.2. The van der Waals surface area contributed by atoms with Crippen LogP contribution in [0.15, 0.2) is 0 Å². The monoisotopic (exact) mass is 182 g/mol. The summed E-state index contributed by atoms with van der Waals surface area (Å²) in [5.41, 5.74) is 6.31. The first-order valence-corrected chi connectivity index (χ1v) is 5.59. The van der Waals surface area contributed by atoms with Crippen LogP contribution in [-0.2, 0) is 0 Å². The van der Waals surface area contributed by atoms with Crippen molar-refractivity contribution in [2.75, 3.05) is 6.54 Å². The molecule has 0 heterocycles. The third-order valence-corrected chi connectivity index (χ3v) is 3.89. The Morgan fingerprint density at radius 1 is 1.38 bits per heavy atom. The van der Waals surface area contributed by atoms with Gasteiger partial charge in [0.15, 0.2) is 0 Å². The van der Waals surface area contributed by atoms with Crippen molar-refractivity contribution < 1.29 is 0 Å². The van der Waals surface area contributed by atoms with Crippen LogP contribution < -0.4 is 11.1 Å². The van der Waals surface area contributed by atoms with Gasteiger partial charge in [-0.25, -0.2) is 0 Å². The van der Waals surface area contributed by atoms with Gasteiger partial charge in [0.25, 0.3) is 0 Å². The summed E-state index contributed by atoms with van der Waals surface area (Å²) in [7, 11) is 0. The minimum atomic E-state index is 0.557. The first-order chi connectivity index (χ1) is 6.13. The summed E-state index contributed by atoms with van der Waals surface area (Å²) in [5.74, 6) is 0.747. The maximum Gasteiger partial charge on any atom is 0.0127 e. The Hall–Kier alpha value is -0.0800. The Morgan fingerprint density at radius 3 is 2.62 bits per heavy atom. The molecule has 0 radical (unpaired) electrons. The van der Waals surface area contributed by atoms with E-state index in [1.807, 2.05) is 0 Å². The molecule has 0 saturated heterocycles. The molecule has 3 N–H and O–H groups in total. The molecule has 0 aromatic heterocycles. The number of nitrogens with two attached hydrogens (primary N) is 1. The molecule has 0 bridgehead atoms. The fourth-order valence-electron chi connectivity index (χ4n) is 2.55. The van der Waals surface area contributed by atoms with Gasteiger partial charge in [0, 0.05) is 12.1 Å². The highest BCUT2D eigenvalue weighted by atomic mass is 15.0. The van der Waals surface area contributed by atoms with E-state index < -0.39 is 0 Å². The minimum Gasteiger partial charge on any atom is -0.330 e. The number of hydrogen-bond donors (Lipinski definition) is 2. The van der Waals surface area contributed by atoms with Crippen molar-refractivity contribution in [1.82, 2.24) is 5.32 Å². The highest BCUT2D eigenvalue weighted by molar-refractivity contribution is 5.04. The SMILES string of the molecule is CC1(C)CC1NC1CCCC1CN. The zero-order chi connectivity index (χ0) is 9.47. The third kappa shape index (κ3) is 1.89. The molecule has 13 heavy (non-hydrogen) atoms. The topological polar surface area (TPSA) is 38.0 Å². The summed E-state index contributed by atoms with van der Waals surface area (Å²) in [6.45, 7) is 5.55. The summed E-state index contributed by atoms with van der Waals surface area (Å²) < 4.78 is 0. The van der Waals surface area contributed by atoms with E-state index in [-0.39, 0.29) is 0 Å². The van der Waals surface area contributed by atoms with Gasteiger partial charge in [-0.1, -0.05) is 20.3 Å². The van der Waals surface area contributed by atoms with Crippen molar-refractivity contribution in [3.8, 4) is 0 Å². The molecule has 2 rings (SSSR count). The van der Waals surface area contributed by atoms with Crippen LogP contribution in [0.4, 0.5) is 0 Å². The van der Waals surface area contributed by atoms with E-state index in [1.165, 1.54) is 25.7 Å². The van der Waals surface area contributed by atoms with Crippen LogP contribution in [0.3, 0.4) is 0 Å². The van der Waals surface area contributed by atoms with E-state index in [4.69, 9.17) is 5.73 Å². The largest absolute Gasteiger partial charge is 0.330 e. The second-order valence-electron chi connectivity index (χ2n) is 5.45. The summed E-state index contributed by atoms with van der Waals surface area (Å²) in [6, 6.07) is 1.49. The zero-order valence-corrected chi connectivity index (χ0v) is 8.84. The molecule has 2 fully saturated rings. The molecule has 2 saturated carbocycles. The van der Waals surface area contributed by atoms with Gasteiger partial charge in [0.05, 0.1) is 0 Å². The molecule has 0 amide bonds. The summed E-state index contributed by atoms with van der Waals surface area (Å²) >= 11 is 0. The Balaban J connectivity index is 1.81. The van der Waals surface area contributed by atoms with Crippen LogP contribution in [0.2, 0.25) is 0 Å². The van der Waals surface area contributed by atoms with Crippen LogP contribution in [-0.4, -0.2) is 18.6 Å². The van der Waals surface area contributed by atoms with Gasteiger partial charge in [-0.05, 0) is 37.1 Å². The van der Waals surface area contributed by atoms with Gasteiger partial charge in [-0.2, -0.15) is 0 Å². The summed E-state index contributed by atoms with van der Waals surface area (Å²) in [6.07, 6.45) is 5.39. The van der Waals surface area contributed by atoms with Gasteiger partial charge in [0.1, 0.15) is 0 Å². The highest BCUT2D eigenvalue weighted by Gasteiger charge is 2.47. The van der Waals surface area contributed by atoms with Crippen LogP contribution in [0.25, 0.3) is 0 Å². The Labute approximate surface area is 81.3 Å². The van der Waals surface area contributed by atoms with Crippen LogP contribution in [0.5, 0.6) is 0 Å². The van der Waals surface area contributed by atoms with E-state index in [2.05, 4.69) is 19.2 Å². The lowest BCUT2D eigenvalue weighted by atomic mass is 10.0. The molecule has 3 atom stereocenters. The second kappa shape index (κ2) is 3.25. The lowest BCUT2D eigenvalue weighted by Gasteiger charge is -2.20. The summed E-state index contributed by atoms with van der Waals surface area (Å²) in [5, 5.41) is 3.76. The molecule has 76 valence electrons. The Bertz CT molecular complexity index is 189. The van der Waals surface area contributed by atoms with Crippen molar-refractivity contribution in [1.29, 1.82) is 0 Å². The predicted molar refractivity (Wildman–Crippen MR) is 55.5 cm³/mol. The van der Waals surface area contributed by atoms with Gasteiger partial charge in [0.2, 0.25) is 0 Å². The van der Waals surface area contributed by atoms with Crippen molar-refractivity contribution in [2.45, 2.75) is 51.6 Å². The molecule has 0 aliphatic heterocycles. The Kier molecular flexibility index (Phi) is 2.37. The lowest BCUT2D eigenvalue weighted by Crippen LogP contribution is -2.38. The molecule has 0 spiro atoms. The van der Waals surface area contributed by atoms with Gasteiger partial charge in [-0.15, -0.1) is 0 Å². The first kappa shape index (κ1) is 9.47. The number of rotatable bonds is 3. The van der Waals surface area contributed by atoms with Crippen molar-refractivity contribution in [3.63, 3.8) is 0 Å². The number of nitrogens with one attached hydrogen (secondary N) is 1. The number of hydrogen-bond acceptors (Lipinski definition) is 2. The minimum absolute atomic E-state index is 0.557. The van der Waals surface area contributed by atoms with Crippen molar-refractivity contribution in [3.05, 3.63) is 0 Å². The van der Waals surface area contributed by atoms with Gasteiger partial charge in [-0.3, -0.25) is 0 Å². The van der Waals surface area contributed by atoms with E-state index in [1.54, 1.807) is 0 Å². The molecule has 2 aliphatic carbocycles. The first-order valence-electron chi connectivity index (χ1n) is 5.59. The van der Waals surface area contributed by atoms with Crippen LogP contribution in [0.1, 0.15) is 39.5 Å². The second-order valence-corrected chi connectivity index (χ2v) is 5.45. The Morgan fingerprint density at radius 2 is 2.08 bits per heavy atom. The highest BCUT2D eigenvalue weighted by Crippen LogP contribution is 2.45. The summed E-state index contributed by atoms with van der Waals surface area (Å²) in [4.78, 5) is 0. The van der Waals surface area contributed by atoms with E-state index in [0.717, 1.165) is 24.5 Å². The maximum atomic E-state index is 5.75. The maximum absolute atomic E-state index is 5.75. The molecule has 2 heteroatoms. The predicted octanol–water partition coefficient (Wildman–Crippen LogP) is 1.50. The smallest absolute Gasteiger partial charge is 0.0127 e. The van der Waals surface area contributed by atoms with Crippen LogP contribution >= 0.6 is 0 Å². The molecule has 0 aromatic rings. The quantitative estimate of drug-likeness (QED) is 0.694. The van der Waals surface area contributed by atoms with E-state index in [9.17, 15) is 0 Å². The third-order valence-electron chi connectivity index (χ3n) is 3.89. The zero-order valence-electron chi connectivity index (χ0n) is 8.84. The average molecular weight is 182 g/mol. The molecular formula is C11H22N2. The van der Waals surface area contributed by atoms with Gasteiger partial charge >= 0.3 is 0 Å². The van der Waals surface area contributed by atoms with E-state index in [0.29, 0.717) is 5.41 Å². The molecule has 2 aliphatic rings. The van der Waals surface area contributed by atoms with Crippen molar-refractivity contribution >= 4 is 0 Å². The van der Waals surface area contributed by atoms with Gasteiger partial charge < -0.3 is 11.1 Å². The fraction of sp³-hybridized carbons (Fsp3) is 1.00. The fourth-order valence-corrected chi connectivity index (χ4v) is 2.55. The molecule has 0 aromatic carbocycles. The molecule has 2 nitrogen and oxygen atoms in total. The average Bonchev–Trinajstić information content (AvgIpc) is 2.50. The van der Waals surface area contributed by atoms with E-state index >= 15 is 0 Å². The molecular weight excluding hydrogens is 160 g/mol. The van der Waals surface area contributed by atoms with Crippen molar-refractivity contribution in [2.24, 2.45) is 17.1 Å². The molecule has 3 unspecified atom stereocenters. The standard InChI is InChI=1S/C11H22N2/c1-11(2)6-10(11)13-9-5-3-4-8(9)7-12/h8-10,13H,3-7,12H2,1-2H3. The lowest BCUT2D eigenvalue weighted by molar-refractivity contribution is 0.383.